The fourth-order valence-corrected chi connectivity index (χ4v) is 2.97. The van der Waals surface area contributed by atoms with Gasteiger partial charge in [0.2, 0.25) is 0 Å². The molecule has 0 bridgehead atoms. The van der Waals surface area contributed by atoms with Crippen molar-refractivity contribution in [2.75, 3.05) is 13.1 Å². The van der Waals surface area contributed by atoms with Crippen molar-refractivity contribution in [3.05, 3.63) is 66.0 Å². The molecule has 5 nitrogen and oxygen atoms in total. The number of guanidine groups is 1. The summed E-state index contributed by atoms with van der Waals surface area (Å²) in [5.74, 6) is 0.865. The van der Waals surface area contributed by atoms with Gasteiger partial charge in [-0.1, -0.05) is 42.0 Å². The maximum atomic E-state index is 4.68. The molecule has 3 aromatic rings. The molecule has 0 atom stereocenters. The van der Waals surface area contributed by atoms with E-state index in [1.54, 1.807) is 0 Å². The lowest BCUT2D eigenvalue weighted by Crippen LogP contribution is -2.38. The Bertz CT molecular complexity index is 872. The number of aliphatic imine (C=N–C) groups is 1. The zero-order valence-electron chi connectivity index (χ0n) is 16.0. The van der Waals surface area contributed by atoms with E-state index >= 15 is 0 Å². The number of fused-ring (bicyclic) bond motifs is 1. The molecule has 1 aromatic heterocycles. The smallest absolute Gasteiger partial charge is 0.191 e. The van der Waals surface area contributed by atoms with Crippen molar-refractivity contribution in [1.29, 1.82) is 0 Å². The largest absolute Gasteiger partial charge is 0.357 e. The summed E-state index contributed by atoms with van der Waals surface area (Å²) in [6.45, 7) is 7.53. The molecule has 2 N–H and O–H groups in total. The average Bonchev–Trinajstić information content (AvgIpc) is 3.06. The standard InChI is InChI=1S/C21H27N5.HI/c1-3-22-21(24-15-18-9-6-8-17(2)14-18)23-12-7-13-26-16-25-19-10-4-5-11-20(19)26;/h4-6,8-11,14,16H,3,7,12-13,15H2,1-2H3,(H2,22,23,24);1H. The third-order valence-corrected chi connectivity index (χ3v) is 4.24. The van der Waals surface area contributed by atoms with Crippen LogP contribution in [0.15, 0.2) is 59.9 Å². The minimum Gasteiger partial charge on any atom is -0.357 e. The second-order valence-electron chi connectivity index (χ2n) is 6.39. The van der Waals surface area contributed by atoms with E-state index in [9.17, 15) is 0 Å². The molecule has 3 rings (SSSR count). The first-order chi connectivity index (χ1) is 12.8. The quantitative estimate of drug-likeness (QED) is 0.233. The lowest BCUT2D eigenvalue weighted by atomic mass is 10.1. The molecule has 0 saturated heterocycles. The number of para-hydroxylation sites is 2. The van der Waals surface area contributed by atoms with Crippen molar-refractivity contribution in [2.45, 2.75) is 33.4 Å². The van der Waals surface area contributed by atoms with Gasteiger partial charge in [-0.05, 0) is 38.0 Å². The third kappa shape index (κ3) is 6.23. The van der Waals surface area contributed by atoms with Crippen LogP contribution in [0.5, 0.6) is 0 Å². The predicted molar refractivity (Wildman–Crippen MR) is 124 cm³/mol. The molecular formula is C21H28IN5. The third-order valence-electron chi connectivity index (χ3n) is 4.24. The summed E-state index contributed by atoms with van der Waals surface area (Å²) in [6.07, 6.45) is 2.93. The number of halogens is 1. The van der Waals surface area contributed by atoms with Gasteiger partial charge in [-0.15, -0.1) is 24.0 Å². The van der Waals surface area contributed by atoms with Gasteiger partial charge in [-0.3, -0.25) is 0 Å². The molecule has 144 valence electrons. The van der Waals surface area contributed by atoms with Crippen molar-refractivity contribution in [3.63, 3.8) is 0 Å². The monoisotopic (exact) mass is 477 g/mol. The molecular weight excluding hydrogens is 449 g/mol. The number of hydrogen-bond acceptors (Lipinski definition) is 2. The van der Waals surface area contributed by atoms with Gasteiger partial charge in [-0.2, -0.15) is 0 Å². The second-order valence-corrected chi connectivity index (χ2v) is 6.39. The Kier molecular flexibility index (Phi) is 8.57. The molecule has 0 aliphatic rings. The van der Waals surface area contributed by atoms with Gasteiger partial charge in [0.25, 0.3) is 0 Å². The van der Waals surface area contributed by atoms with Crippen molar-refractivity contribution < 1.29 is 0 Å². The van der Waals surface area contributed by atoms with Crippen LogP contribution in [0, 0.1) is 6.92 Å². The normalized spacial score (nSPS) is 11.3. The Balaban J connectivity index is 0.00000261. The van der Waals surface area contributed by atoms with E-state index in [-0.39, 0.29) is 24.0 Å². The average molecular weight is 477 g/mol. The number of rotatable bonds is 7. The van der Waals surface area contributed by atoms with Crippen LogP contribution in [-0.4, -0.2) is 28.6 Å². The molecule has 27 heavy (non-hydrogen) atoms. The summed E-state index contributed by atoms with van der Waals surface area (Å²) in [4.78, 5) is 9.12. The topological polar surface area (TPSA) is 54.2 Å². The van der Waals surface area contributed by atoms with E-state index in [0.717, 1.165) is 37.5 Å². The molecule has 1 heterocycles. The summed E-state index contributed by atoms with van der Waals surface area (Å²) >= 11 is 0. The van der Waals surface area contributed by atoms with Gasteiger partial charge < -0.3 is 15.2 Å². The number of aromatic nitrogens is 2. The molecule has 0 radical (unpaired) electrons. The van der Waals surface area contributed by atoms with Crippen LogP contribution < -0.4 is 10.6 Å². The number of nitrogens with zero attached hydrogens (tertiary/aromatic N) is 3. The van der Waals surface area contributed by atoms with E-state index in [4.69, 9.17) is 0 Å². The van der Waals surface area contributed by atoms with E-state index < -0.39 is 0 Å². The summed E-state index contributed by atoms with van der Waals surface area (Å²) in [5, 5.41) is 6.73. The SMILES string of the molecule is CCNC(=NCc1cccc(C)c1)NCCCn1cnc2ccccc21.I. The van der Waals surface area contributed by atoms with Gasteiger partial charge >= 0.3 is 0 Å². The molecule has 6 heteroatoms. The highest BCUT2D eigenvalue weighted by molar-refractivity contribution is 14.0. The number of benzene rings is 2. The van der Waals surface area contributed by atoms with E-state index in [1.165, 1.54) is 16.6 Å². The maximum absolute atomic E-state index is 4.68. The predicted octanol–water partition coefficient (Wildman–Crippen LogP) is 4.11. The molecule has 0 aliphatic heterocycles. The number of nitrogens with one attached hydrogen (secondary N) is 2. The van der Waals surface area contributed by atoms with E-state index in [2.05, 4.69) is 75.4 Å². The zero-order chi connectivity index (χ0) is 18.2. The van der Waals surface area contributed by atoms with Crippen LogP contribution in [-0.2, 0) is 13.1 Å². The Hall–Kier alpha value is -2.09. The van der Waals surface area contributed by atoms with Gasteiger partial charge in [0, 0.05) is 19.6 Å². The molecule has 2 aromatic carbocycles. The van der Waals surface area contributed by atoms with E-state index in [1.807, 2.05) is 18.5 Å². The van der Waals surface area contributed by atoms with Crippen LogP contribution in [0.2, 0.25) is 0 Å². The highest BCUT2D eigenvalue weighted by Crippen LogP contribution is 2.11. The molecule has 0 aliphatic carbocycles. The number of hydrogen-bond donors (Lipinski definition) is 2. The van der Waals surface area contributed by atoms with Crippen LogP contribution in [0.3, 0.4) is 0 Å². The van der Waals surface area contributed by atoms with Crippen LogP contribution in [0.25, 0.3) is 11.0 Å². The highest BCUT2D eigenvalue weighted by Gasteiger charge is 2.02. The maximum Gasteiger partial charge on any atom is 0.191 e. The van der Waals surface area contributed by atoms with Crippen LogP contribution in [0.1, 0.15) is 24.5 Å². The summed E-state index contributed by atoms with van der Waals surface area (Å²) in [6, 6.07) is 16.7. The van der Waals surface area contributed by atoms with Crippen molar-refractivity contribution in [1.82, 2.24) is 20.2 Å². The molecule has 0 unspecified atom stereocenters. The minimum atomic E-state index is 0. The number of aryl methyl sites for hydroxylation is 2. The first-order valence-electron chi connectivity index (χ1n) is 9.24. The van der Waals surface area contributed by atoms with Gasteiger partial charge in [-0.25, -0.2) is 9.98 Å². The van der Waals surface area contributed by atoms with E-state index in [0.29, 0.717) is 6.54 Å². The second kappa shape index (κ2) is 10.9. The van der Waals surface area contributed by atoms with Crippen LogP contribution in [0.4, 0.5) is 0 Å². The van der Waals surface area contributed by atoms with Gasteiger partial charge in [0.15, 0.2) is 5.96 Å². The van der Waals surface area contributed by atoms with Gasteiger partial charge in [0.05, 0.1) is 23.9 Å². The van der Waals surface area contributed by atoms with Crippen LogP contribution >= 0.6 is 24.0 Å². The van der Waals surface area contributed by atoms with Crippen molar-refractivity contribution in [2.24, 2.45) is 4.99 Å². The first kappa shape index (κ1) is 21.2. The molecule has 0 saturated carbocycles. The molecule has 0 spiro atoms. The fourth-order valence-electron chi connectivity index (χ4n) is 2.97. The van der Waals surface area contributed by atoms with Gasteiger partial charge in [0.1, 0.15) is 0 Å². The molecule has 0 fully saturated rings. The minimum absolute atomic E-state index is 0. The Morgan fingerprint density at radius 1 is 1.11 bits per heavy atom. The summed E-state index contributed by atoms with van der Waals surface area (Å²) in [7, 11) is 0. The molecule has 0 amide bonds. The van der Waals surface area contributed by atoms with Crippen molar-refractivity contribution in [3.8, 4) is 0 Å². The lowest BCUT2D eigenvalue weighted by molar-refractivity contribution is 0.637. The van der Waals surface area contributed by atoms with Crippen molar-refractivity contribution >= 4 is 41.0 Å². The Labute approximate surface area is 178 Å². The zero-order valence-corrected chi connectivity index (χ0v) is 18.3. The summed E-state index contributed by atoms with van der Waals surface area (Å²) in [5.41, 5.74) is 4.73. The Morgan fingerprint density at radius 3 is 2.78 bits per heavy atom. The summed E-state index contributed by atoms with van der Waals surface area (Å²) < 4.78 is 2.20. The highest BCUT2D eigenvalue weighted by atomic mass is 127. The fraction of sp³-hybridized carbons (Fsp3) is 0.333. The lowest BCUT2D eigenvalue weighted by Gasteiger charge is -2.12. The Morgan fingerprint density at radius 2 is 1.96 bits per heavy atom. The number of imidazole rings is 1. The first-order valence-corrected chi connectivity index (χ1v) is 9.24.